The molecule has 1 aromatic rings. The fraction of sp³-hybridized carbons (Fsp3) is 0.625. The number of benzene rings is 1. The monoisotopic (exact) mass is 262 g/mol. The van der Waals surface area contributed by atoms with Crippen LogP contribution >= 0.6 is 0 Å². The summed E-state index contributed by atoms with van der Waals surface area (Å²) in [5.41, 5.74) is 6.84. The van der Waals surface area contributed by atoms with Gasteiger partial charge in [-0.25, -0.2) is 0 Å². The van der Waals surface area contributed by atoms with Crippen molar-refractivity contribution < 1.29 is 4.74 Å². The van der Waals surface area contributed by atoms with Crippen LogP contribution in [0.5, 0.6) is 5.75 Å². The molecule has 19 heavy (non-hydrogen) atoms. The Hall–Kier alpha value is -1.06. The molecule has 1 fully saturated rings. The summed E-state index contributed by atoms with van der Waals surface area (Å²) >= 11 is 0. The number of nitrogens with zero attached hydrogens (tertiary/aromatic N) is 1. The summed E-state index contributed by atoms with van der Waals surface area (Å²) in [5, 5.41) is 0. The van der Waals surface area contributed by atoms with E-state index in [2.05, 4.69) is 30.0 Å². The third-order valence-electron chi connectivity index (χ3n) is 3.90. The molecule has 0 amide bonds. The molecule has 0 bridgehead atoms. The van der Waals surface area contributed by atoms with Gasteiger partial charge in [0.05, 0.1) is 6.61 Å². The molecule has 0 saturated carbocycles. The molecule has 1 heterocycles. The number of hydrogen-bond donors (Lipinski definition) is 1. The molecule has 1 atom stereocenters. The zero-order valence-corrected chi connectivity index (χ0v) is 12.0. The van der Waals surface area contributed by atoms with Crippen molar-refractivity contribution in [2.45, 2.75) is 38.6 Å². The molecule has 2 N–H and O–H groups in total. The van der Waals surface area contributed by atoms with E-state index in [0.717, 1.165) is 12.2 Å². The minimum absolute atomic E-state index is 0.485. The fourth-order valence-corrected chi connectivity index (χ4v) is 2.65. The third-order valence-corrected chi connectivity index (χ3v) is 3.90. The van der Waals surface area contributed by atoms with Crippen LogP contribution in [0.2, 0.25) is 0 Å². The molecule has 0 spiro atoms. The normalized spacial score (nSPS) is 18.2. The fourth-order valence-electron chi connectivity index (χ4n) is 2.65. The van der Waals surface area contributed by atoms with Crippen LogP contribution in [-0.4, -0.2) is 31.1 Å². The van der Waals surface area contributed by atoms with Gasteiger partial charge in [-0.1, -0.05) is 18.6 Å². The highest BCUT2D eigenvalue weighted by molar-refractivity contribution is 5.30. The van der Waals surface area contributed by atoms with Crippen molar-refractivity contribution in [2.24, 2.45) is 5.73 Å². The van der Waals surface area contributed by atoms with Crippen LogP contribution in [0.15, 0.2) is 24.3 Å². The second kappa shape index (κ2) is 7.51. The number of ether oxygens (including phenoxy) is 1. The summed E-state index contributed by atoms with van der Waals surface area (Å²) in [7, 11) is 0. The zero-order chi connectivity index (χ0) is 13.5. The molecule has 0 aromatic heterocycles. The molecular formula is C16H26N2O. The molecular weight excluding hydrogens is 236 g/mol. The lowest BCUT2D eigenvalue weighted by atomic mass is 10.0. The van der Waals surface area contributed by atoms with Gasteiger partial charge in [-0.3, -0.25) is 4.90 Å². The van der Waals surface area contributed by atoms with Gasteiger partial charge in [0.25, 0.3) is 0 Å². The Morgan fingerprint density at radius 1 is 1.26 bits per heavy atom. The number of piperidine rings is 1. The Balaban J connectivity index is 1.96. The van der Waals surface area contributed by atoms with Crippen molar-refractivity contribution in [3.8, 4) is 5.75 Å². The maximum atomic E-state index is 5.73. The van der Waals surface area contributed by atoms with E-state index in [9.17, 15) is 0 Å². The van der Waals surface area contributed by atoms with E-state index in [1.807, 2.05) is 6.07 Å². The summed E-state index contributed by atoms with van der Waals surface area (Å²) in [4.78, 5) is 2.57. The summed E-state index contributed by atoms with van der Waals surface area (Å²) in [6.45, 7) is 6.13. The smallest absolute Gasteiger partial charge is 0.119 e. The van der Waals surface area contributed by atoms with Gasteiger partial charge in [-0.15, -0.1) is 0 Å². The van der Waals surface area contributed by atoms with E-state index in [4.69, 9.17) is 10.5 Å². The minimum Gasteiger partial charge on any atom is -0.494 e. The molecule has 0 aliphatic carbocycles. The molecule has 3 heteroatoms. The molecule has 1 aromatic carbocycles. The van der Waals surface area contributed by atoms with Crippen molar-refractivity contribution in [1.29, 1.82) is 0 Å². The van der Waals surface area contributed by atoms with Crippen LogP contribution in [0, 0.1) is 0 Å². The highest BCUT2D eigenvalue weighted by Gasteiger charge is 2.18. The predicted octanol–water partition coefficient (Wildman–Crippen LogP) is 2.96. The number of likely N-dealkylation sites (tertiary alicyclic amines) is 1. The van der Waals surface area contributed by atoms with E-state index in [-0.39, 0.29) is 0 Å². The molecule has 0 radical (unpaired) electrons. The first-order valence-corrected chi connectivity index (χ1v) is 7.48. The molecule has 1 aliphatic rings. The number of nitrogens with two attached hydrogens (primary N) is 1. The van der Waals surface area contributed by atoms with Crippen molar-refractivity contribution in [1.82, 2.24) is 4.90 Å². The van der Waals surface area contributed by atoms with Gasteiger partial charge in [0.2, 0.25) is 0 Å². The Morgan fingerprint density at radius 3 is 2.79 bits per heavy atom. The van der Waals surface area contributed by atoms with Gasteiger partial charge in [0, 0.05) is 6.04 Å². The lowest BCUT2D eigenvalue weighted by Gasteiger charge is -2.32. The van der Waals surface area contributed by atoms with Gasteiger partial charge in [-0.2, -0.15) is 0 Å². The van der Waals surface area contributed by atoms with Crippen molar-refractivity contribution in [2.75, 3.05) is 26.2 Å². The SMILES string of the molecule is CC(c1cccc(OCCCN)c1)N1CCCCC1. The van der Waals surface area contributed by atoms with Gasteiger partial charge in [-0.05, 0) is 63.5 Å². The van der Waals surface area contributed by atoms with Gasteiger partial charge in [0.15, 0.2) is 0 Å². The summed E-state index contributed by atoms with van der Waals surface area (Å²) < 4.78 is 5.73. The van der Waals surface area contributed by atoms with Crippen LogP contribution in [-0.2, 0) is 0 Å². The largest absolute Gasteiger partial charge is 0.494 e. The van der Waals surface area contributed by atoms with E-state index in [1.54, 1.807) is 0 Å². The second-order valence-electron chi connectivity index (χ2n) is 5.34. The van der Waals surface area contributed by atoms with Crippen molar-refractivity contribution in [3.63, 3.8) is 0 Å². The highest BCUT2D eigenvalue weighted by atomic mass is 16.5. The van der Waals surface area contributed by atoms with Gasteiger partial charge in [0.1, 0.15) is 5.75 Å². The van der Waals surface area contributed by atoms with Crippen LogP contribution in [0.4, 0.5) is 0 Å². The molecule has 1 unspecified atom stereocenters. The predicted molar refractivity (Wildman–Crippen MR) is 79.4 cm³/mol. The molecule has 2 rings (SSSR count). The van der Waals surface area contributed by atoms with Crippen molar-refractivity contribution in [3.05, 3.63) is 29.8 Å². The minimum atomic E-state index is 0.485. The third kappa shape index (κ3) is 4.22. The Labute approximate surface area is 116 Å². The quantitative estimate of drug-likeness (QED) is 0.801. The average Bonchev–Trinajstić information content (AvgIpc) is 2.48. The standard InChI is InChI=1S/C16H26N2O/c1-14(18-10-3-2-4-11-18)15-7-5-8-16(13-15)19-12-6-9-17/h5,7-8,13-14H,2-4,6,9-12,17H2,1H3. The first kappa shape index (κ1) is 14.4. The van der Waals surface area contributed by atoms with Crippen LogP contribution < -0.4 is 10.5 Å². The van der Waals surface area contributed by atoms with E-state index >= 15 is 0 Å². The van der Waals surface area contributed by atoms with Crippen LogP contribution in [0.1, 0.15) is 44.2 Å². The maximum Gasteiger partial charge on any atom is 0.119 e. The van der Waals surface area contributed by atoms with Gasteiger partial charge < -0.3 is 10.5 Å². The van der Waals surface area contributed by atoms with Crippen LogP contribution in [0.3, 0.4) is 0 Å². The molecule has 1 saturated heterocycles. The number of hydrogen-bond acceptors (Lipinski definition) is 3. The zero-order valence-electron chi connectivity index (χ0n) is 12.0. The summed E-state index contributed by atoms with van der Waals surface area (Å²) in [5.74, 6) is 0.967. The number of rotatable bonds is 6. The van der Waals surface area contributed by atoms with E-state index in [1.165, 1.54) is 37.9 Å². The first-order chi connectivity index (χ1) is 9.31. The Kier molecular flexibility index (Phi) is 5.67. The molecule has 1 aliphatic heterocycles. The maximum absolute atomic E-state index is 5.73. The van der Waals surface area contributed by atoms with E-state index in [0.29, 0.717) is 19.2 Å². The van der Waals surface area contributed by atoms with Crippen LogP contribution in [0.25, 0.3) is 0 Å². The average molecular weight is 262 g/mol. The Morgan fingerprint density at radius 2 is 2.05 bits per heavy atom. The lowest BCUT2D eigenvalue weighted by molar-refractivity contribution is 0.174. The van der Waals surface area contributed by atoms with E-state index < -0.39 is 0 Å². The molecule has 3 nitrogen and oxygen atoms in total. The first-order valence-electron chi connectivity index (χ1n) is 7.48. The van der Waals surface area contributed by atoms with Gasteiger partial charge >= 0.3 is 0 Å². The summed E-state index contributed by atoms with van der Waals surface area (Å²) in [6.07, 6.45) is 4.95. The topological polar surface area (TPSA) is 38.5 Å². The lowest BCUT2D eigenvalue weighted by Crippen LogP contribution is -2.32. The Bertz CT molecular complexity index is 375. The second-order valence-corrected chi connectivity index (χ2v) is 5.34. The highest BCUT2D eigenvalue weighted by Crippen LogP contribution is 2.26. The molecule has 106 valence electrons. The summed E-state index contributed by atoms with van der Waals surface area (Å²) in [6, 6.07) is 8.99. The van der Waals surface area contributed by atoms with Crippen molar-refractivity contribution >= 4 is 0 Å².